The summed E-state index contributed by atoms with van der Waals surface area (Å²) in [6.45, 7) is 0.0391. The monoisotopic (exact) mass is 925 g/mol. The van der Waals surface area contributed by atoms with Gasteiger partial charge in [-0.3, -0.25) is 0 Å². The Balaban J connectivity index is 0.955. The molecule has 0 amide bonds. The van der Waals surface area contributed by atoms with Gasteiger partial charge in [0, 0.05) is 89.8 Å². The first-order valence-corrected chi connectivity index (χ1v) is 25.4. The molecule has 2 aromatic heterocycles. The molecule has 0 spiro atoms. The molecule has 0 unspecified atom stereocenters. The zero-order chi connectivity index (χ0) is 47.5. The van der Waals surface area contributed by atoms with Gasteiger partial charge < -0.3 is 24.0 Å². The molecule has 4 aliphatic heterocycles. The van der Waals surface area contributed by atoms with E-state index in [-0.39, 0.29) is 13.4 Å². The van der Waals surface area contributed by atoms with Crippen LogP contribution in [0.15, 0.2) is 249 Å². The minimum Gasteiger partial charge on any atom is -0.311 e. The average molecular weight is 926 g/mol. The van der Waals surface area contributed by atoms with Gasteiger partial charge in [-0.05, 0) is 130 Å². The SMILES string of the molecule is c1ccc(N2c3ccccc3B3c4cc5c6cccc7c8cc9c(cc8n(c5cc4N(c4ccccc4)c4cccc2c43)c67)N(c2ccccc2)c2cccc3c2B9c2ccccc2N3c2ccccc2)cc1. The van der Waals surface area contributed by atoms with Gasteiger partial charge in [-0.1, -0.05) is 152 Å². The molecular formula is C66H41B2N5. The average Bonchev–Trinajstić information content (AvgIpc) is 3.96. The van der Waals surface area contributed by atoms with Gasteiger partial charge in [0.1, 0.15) is 0 Å². The number of aromatic nitrogens is 1. The fourth-order valence-electron chi connectivity index (χ4n) is 13.7. The summed E-state index contributed by atoms with van der Waals surface area (Å²) in [5.41, 5.74) is 25.9. The van der Waals surface area contributed by atoms with Gasteiger partial charge in [-0.25, -0.2) is 0 Å². The van der Waals surface area contributed by atoms with Crippen molar-refractivity contribution in [3.05, 3.63) is 249 Å². The second-order valence-corrected chi connectivity index (χ2v) is 20.0. The zero-order valence-corrected chi connectivity index (χ0v) is 39.6. The lowest BCUT2D eigenvalue weighted by atomic mass is 9.33. The Morgan fingerprint density at radius 3 is 0.932 bits per heavy atom. The van der Waals surface area contributed by atoms with Crippen LogP contribution >= 0.6 is 0 Å². The van der Waals surface area contributed by atoms with E-state index in [2.05, 4.69) is 273 Å². The molecule has 0 saturated heterocycles. The number of para-hydroxylation sites is 7. The standard InChI is InChI=1S/C66H41B2N5/c1-5-20-42(21-6-1)69-54-32-15-13-30-50(54)67-52-38-48-46-28-17-29-47-49-39-53-63(41-61(49)73(66(46)47)60(48)40-62(52)71(44-24-9-3-10-25-44)58-36-18-34-56(69)64(58)67)72(45-26-11-4-12-27-45)59-37-19-35-57-65(59)68(53)51-31-14-16-33-55(51)70(57)43-22-7-2-8-23-43/h1-41H. The van der Waals surface area contributed by atoms with Gasteiger partial charge in [0.2, 0.25) is 0 Å². The lowest BCUT2D eigenvalue weighted by molar-refractivity contribution is 1.25. The number of fused-ring (bicyclic) bond motifs is 14. The summed E-state index contributed by atoms with van der Waals surface area (Å²) >= 11 is 0. The van der Waals surface area contributed by atoms with Crippen molar-refractivity contribution >= 4 is 153 Å². The maximum absolute atomic E-state index is 2.60. The summed E-state index contributed by atoms with van der Waals surface area (Å²) in [6.07, 6.45) is 0. The fraction of sp³-hybridized carbons (Fsp3) is 0. The first-order chi connectivity index (χ1) is 36.3. The van der Waals surface area contributed by atoms with E-state index >= 15 is 0 Å². The molecule has 0 aliphatic carbocycles. The Kier molecular flexibility index (Phi) is 7.84. The second kappa shape index (κ2) is 14.6. The van der Waals surface area contributed by atoms with Gasteiger partial charge in [-0.2, -0.15) is 0 Å². The molecule has 17 rings (SSSR count). The molecule has 0 bridgehead atoms. The highest BCUT2D eigenvalue weighted by atomic mass is 15.2. The third-order valence-corrected chi connectivity index (χ3v) is 16.4. The third-order valence-electron chi connectivity index (χ3n) is 16.4. The largest absolute Gasteiger partial charge is 0.311 e. The predicted molar refractivity (Wildman–Crippen MR) is 309 cm³/mol. The number of anilines is 12. The minimum atomic E-state index is 0.0196. The van der Waals surface area contributed by atoms with Crippen LogP contribution in [0.1, 0.15) is 0 Å². The number of rotatable bonds is 4. The molecule has 13 aromatic rings. The predicted octanol–water partition coefficient (Wildman–Crippen LogP) is 13.0. The number of nitrogens with zero attached hydrogens (tertiary/aromatic N) is 5. The highest BCUT2D eigenvalue weighted by Crippen LogP contribution is 2.49. The highest BCUT2D eigenvalue weighted by molar-refractivity contribution is 7.01. The zero-order valence-electron chi connectivity index (χ0n) is 39.6. The van der Waals surface area contributed by atoms with Crippen LogP contribution in [0, 0.1) is 0 Å². The number of hydrogen-bond donors (Lipinski definition) is 0. The van der Waals surface area contributed by atoms with Crippen LogP contribution in [0.2, 0.25) is 0 Å². The Morgan fingerprint density at radius 1 is 0.233 bits per heavy atom. The van der Waals surface area contributed by atoms with Crippen LogP contribution < -0.4 is 52.4 Å². The molecule has 0 N–H and O–H groups in total. The first-order valence-electron chi connectivity index (χ1n) is 25.4. The van der Waals surface area contributed by atoms with Gasteiger partial charge in [-0.15, -0.1) is 0 Å². The van der Waals surface area contributed by atoms with Crippen molar-refractivity contribution in [3.63, 3.8) is 0 Å². The van der Waals surface area contributed by atoms with E-state index in [1.165, 1.54) is 116 Å². The molecule has 336 valence electrons. The Bertz CT molecular complexity index is 4150. The Hall–Kier alpha value is -9.45. The van der Waals surface area contributed by atoms with Crippen molar-refractivity contribution < 1.29 is 0 Å². The lowest BCUT2D eigenvalue weighted by Crippen LogP contribution is -2.61. The quantitative estimate of drug-likeness (QED) is 0.164. The van der Waals surface area contributed by atoms with Crippen molar-refractivity contribution in [2.45, 2.75) is 0 Å². The maximum atomic E-state index is 2.60. The third kappa shape index (κ3) is 5.17. The molecular weight excluding hydrogens is 884 g/mol. The summed E-state index contributed by atoms with van der Waals surface area (Å²) < 4.78 is 2.60. The van der Waals surface area contributed by atoms with Gasteiger partial charge in [0.25, 0.3) is 13.4 Å². The van der Waals surface area contributed by atoms with Crippen LogP contribution in [-0.4, -0.2) is 17.8 Å². The van der Waals surface area contributed by atoms with Crippen LogP contribution in [0.3, 0.4) is 0 Å². The summed E-state index contributed by atoms with van der Waals surface area (Å²) in [5, 5.41) is 5.09. The topological polar surface area (TPSA) is 17.4 Å². The van der Waals surface area contributed by atoms with E-state index in [1.54, 1.807) is 0 Å². The smallest absolute Gasteiger partial charge is 0.252 e. The van der Waals surface area contributed by atoms with Crippen LogP contribution in [0.4, 0.5) is 68.2 Å². The number of hydrogen-bond acceptors (Lipinski definition) is 4. The molecule has 0 saturated carbocycles. The van der Waals surface area contributed by atoms with Crippen molar-refractivity contribution in [2.75, 3.05) is 19.6 Å². The molecule has 0 atom stereocenters. The summed E-state index contributed by atoms with van der Waals surface area (Å²) in [4.78, 5) is 9.99. The van der Waals surface area contributed by atoms with Crippen molar-refractivity contribution in [1.82, 2.24) is 4.40 Å². The normalized spacial score (nSPS) is 13.9. The molecule has 6 heterocycles. The lowest BCUT2D eigenvalue weighted by Gasteiger charge is -2.44. The van der Waals surface area contributed by atoms with E-state index in [0.29, 0.717) is 0 Å². The van der Waals surface area contributed by atoms with Crippen molar-refractivity contribution in [2.24, 2.45) is 0 Å². The van der Waals surface area contributed by atoms with E-state index in [1.807, 2.05) is 0 Å². The fourth-order valence-corrected chi connectivity index (χ4v) is 13.7. The maximum Gasteiger partial charge on any atom is 0.252 e. The van der Waals surface area contributed by atoms with E-state index in [4.69, 9.17) is 0 Å². The Morgan fingerprint density at radius 2 is 0.548 bits per heavy atom. The van der Waals surface area contributed by atoms with Crippen LogP contribution in [-0.2, 0) is 0 Å². The molecule has 4 aliphatic rings. The molecule has 73 heavy (non-hydrogen) atoms. The number of benzene rings is 11. The van der Waals surface area contributed by atoms with Gasteiger partial charge >= 0.3 is 0 Å². The minimum absolute atomic E-state index is 0.0196. The molecule has 7 heteroatoms. The molecule has 5 nitrogen and oxygen atoms in total. The molecule has 11 aromatic carbocycles. The van der Waals surface area contributed by atoms with Crippen molar-refractivity contribution in [1.29, 1.82) is 0 Å². The van der Waals surface area contributed by atoms with Crippen LogP contribution in [0.25, 0.3) is 38.1 Å². The van der Waals surface area contributed by atoms with Crippen molar-refractivity contribution in [3.8, 4) is 0 Å². The Labute approximate surface area is 423 Å². The highest BCUT2D eigenvalue weighted by Gasteiger charge is 2.45. The molecule has 0 fully saturated rings. The van der Waals surface area contributed by atoms with E-state index in [0.717, 1.165) is 22.7 Å². The summed E-state index contributed by atoms with van der Waals surface area (Å²) in [6, 6.07) is 92.7. The molecule has 0 radical (unpaired) electrons. The summed E-state index contributed by atoms with van der Waals surface area (Å²) in [5.74, 6) is 0. The first kappa shape index (κ1) is 39.3. The van der Waals surface area contributed by atoms with E-state index in [9.17, 15) is 0 Å². The second-order valence-electron chi connectivity index (χ2n) is 20.0. The van der Waals surface area contributed by atoms with Gasteiger partial charge in [0.05, 0.1) is 16.6 Å². The van der Waals surface area contributed by atoms with Gasteiger partial charge in [0.15, 0.2) is 0 Å². The van der Waals surface area contributed by atoms with E-state index < -0.39 is 0 Å². The summed E-state index contributed by atoms with van der Waals surface area (Å²) in [7, 11) is 0. The van der Waals surface area contributed by atoms with Crippen LogP contribution in [0.5, 0.6) is 0 Å².